The van der Waals surface area contributed by atoms with E-state index in [9.17, 15) is 19.2 Å². The van der Waals surface area contributed by atoms with E-state index in [1.54, 1.807) is 24.3 Å². The number of hydrogen-bond donors (Lipinski definition) is 0. The molecule has 14 heteroatoms. The highest BCUT2D eigenvalue weighted by Gasteiger charge is 2.14. The fourth-order valence-corrected chi connectivity index (χ4v) is 5.04. The highest BCUT2D eigenvalue weighted by atomic mass is 17.5. The van der Waals surface area contributed by atoms with Crippen molar-refractivity contribution in [3.8, 4) is 11.5 Å². The fourth-order valence-electron chi connectivity index (χ4n) is 5.04. The molecular weight excluding hydrogens is 704 g/mol. The molecule has 0 aromatic heterocycles. The molecule has 2 aromatic carbocycles. The highest BCUT2D eigenvalue weighted by molar-refractivity contribution is 5.89. The van der Waals surface area contributed by atoms with Crippen LogP contribution < -0.4 is 9.47 Å². The van der Waals surface area contributed by atoms with E-state index in [0.717, 1.165) is 89.9 Å². The quantitative estimate of drug-likeness (QED) is 0.0309. The van der Waals surface area contributed by atoms with Crippen molar-refractivity contribution in [3.63, 3.8) is 0 Å². The van der Waals surface area contributed by atoms with E-state index in [4.69, 9.17) is 18.9 Å². The summed E-state index contributed by atoms with van der Waals surface area (Å²) in [6.45, 7) is 5.85. The van der Waals surface area contributed by atoms with Gasteiger partial charge in [-0.15, -0.1) is 0 Å². The van der Waals surface area contributed by atoms with Crippen LogP contribution in [0.5, 0.6) is 11.5 Å². The number of ether oxygens (including phenoxy) is 4. The average molecular weight is 763 g/mol. The Morgan fingerprint density at radius 2 is 0.704 bits per heavy atom. The minimum Gasteiger partial charge on any atom is -0.494 e. The van der Waals surface area contributed by atoms with Crippen LogP contribution in [0.15, 0.2) is 48.5 Å². The Morgan fingerprint density at radius 1 is 0.389 bits per heavy atom. The van der Waals surface area contributed by atoms with Crippen molar-refractivity contribution in [2.45, 2.75) is 129 Å². The van der Waals surface area contributed by atoms with Gasteiger partial charge in [0.25, 0.3) is 0 Å². The predicted molar refractivity (Wildman–Crippen MR) is 196 cm³/mol. The zero-order valence-electron chi connectivity index (χ0n) is 31.9. The molecule has 2 rings (SSSR count). The van der Waals surface area contributed by atoms with Crippen LogP contribution in [0, 0.1) is 0 Å². The molecule has 0 heterocycles. The summed E-state index contributed by atoms with van der Waals surface area (Å²) in [6.07, 6.45) is 16.1. The first kappa shape index (κ1) is 45.6. The number of benzene rings is 2. The Hall–Kier alpha value is -4.56. The zero-order valence-corrected chi connectivity index (χ0v) is 31.9. The zero-order chi connectivity index (χ0) is 38.9. The van der Waals surface area contributed by atoms with Gasteiger partial charge in [-0.05, 0) is 74.2 Å². The maximum atomic E-state index is 12.0. The molecule has 0 N–H and O–H groups in total. The van der Waals surface area contributed by atoms with E-state index < -0.39 is 24.2 Å². The van der Waals surface area contributed by atoms with Crippen LogP contribution in [0.4, 0.5) is 9.59 Å². The second kappa shape index (κ2) is 30.9. The van der Waals surface area contributed by atoms with Crippen LogP contribution in [-0.4, -0.2) is 50.7 Å². The van der Waals surface area contributed by atoms with E-state index in [1.165, 1.54) is 37.1 Å². The molecule has 0 radical (unpaired) electrons. The second-order valence-corrected chi connectivity index (χ2v) is 12.6. The molecule has 0 aliphatic rings. The number of rotatable bonds is 31. The second-order valence-electron chi connectivity index (χ2n) is 12.6. The summed E-state index contributed by atoms with van der Waals surface area (Å²) >= 11 is 0. The summed E-state index contributed by atoms with van der Waals surface area (Å²) in [4.78, 5) is 65.0. The molecule has 0 bridgehead atoms. The third-order valence-corrected chi connectivity index (χ3v) is 8.12. The van der Waals surface area contributed by atoms with Crippen molar-refractivity contribution in [3.05, 3.63) is 59.7 Å². The van der Waals surface area contributed by atoms with Gasteiger partial charge >= 0.3 is 24.2 Å². The van der Waals surface area contributed by atoms with E-state index in [2.05, 4.69) is 43.5 Å². The minimum absolute atomic E-state index is 0.160. The first-order valence-electron chi connectivity index (χ1n) is 19.3. The first-order chi connectivity index (χ1) is 26.4. The summed E-state index contributed by atoms with van der Waals surface area (Å²) in [6, 6.07) is 12.7. The average Bonchev–Trinajstić information content (AvgIpc) is 3.18. The van der Waals surface area contributed by atoms with Crippen molar-refractivity contribution < 1.29 is 67.8 Å². The van der Waals surface area contributed by atoms with Crippen LogP contribution in [0.25, 0.3) is 0 Å². The maximum absolute atomic E-state index is 12.0. The molecule has 302 valence electrons. The third kappa shape index (κ3) is 23.2. The lowest BCUT2D eigenvalue weighted by molar-refractivity contribution is -0.452. The summed E-state index contributed by atoms with van der Waals surface area (Å²) in [5.74, 6) is -0.352. The predicted octanol–water partition coefficient (Wildman–Crippen LogP) is 10.5. The lowest BCUT2D eigenvalue weighted by Gasteiger charge is -2.07. The Morgan fingerprint density at radius 3 is 1.06 bits per heavy atom. The van der Waals surface area contributed by atoms with Crippen molar-refractivity contribution >= 4 is 24.2 Å². The van der Waals surface area contributed by atoms with Crippen molar-refractivity contribution in [1.29, 1.82) is 0 Å². The fraction of sp³-hybridized carbons (Fsp3) is 0.600. The lowest BCUT2D eigenvalue weighted by Crippen LogP contribution is -2.12. The van der Waals surface area contributed by atoms with Gasteiger partial charge in [0.05, 0.1) is 47.6 Å². The SMILES string of the molecule is CCCCCCOc1ccc(C(=O)OOOC(=O)OCCCCCCCCCCCCOC(=O)OOOC(=O)c2ccc(OCCCCCC)cc2)cc1. The third-order valence-electron chi connectivity index (χ3n) is 8.12. The van der Waals surface area contributed by atoms with Crippen molar-refractivity contribution in [1.82, 2.24) is 0 Å². The summed E-state index contributed by atoms with van der Waals surface area (Å²) in [7, 11) is 0. The van der Waals surface area contributed by atoms with Gasteiger partial charge in [-0.2, -0.15) is 0 Å². The minimum atomic E-state index is -1.09. The molecule has 0 unspecified atom stereocenters. The molecule has 0 saturated heterocycles. The van der Waals surface area contributed by atoms with Gasteiger partial charge in [-0.3, -0.25) is 9.78 Å². The molecule has 2 aromatic rings. The van der Waals surface area contributed by atoms with Crippen LogP contribution in [0.1, 0.15) is 150 Å². The van der Waals surface area contributed by atoms with Crippen LogP contribution >= 0.6 is 0 Å². The Labute approximate surface area is 318 Å². The Balaban J connectivity index is 1.34. The molecular formula is C40H58O14. The maximum Gasteiger partial charge on any atom is 0.543 e. The van der Waals surface area contributed by atoms with Crippen LogP contribution in [-0.2, 0) is 39.1 Å². The summed E-state index contributed by atoms with van der Waals surface area (Å²) in [5.41, 5.74) is 0.420. The van der Waals surface area contributed by atoms with Crippen LogP contribution in [0.2, 0.25) is 0 Å². The smallest absolute Gasteiger partial charge is 0.494 e. The van der Waals surface area contributed by atoms with Gasteiger partial charge in [0.2, 0.25) is 0 Å². The van der Waals surface area contributed by atoms with E-state index >= 15 is 0 Å². The number of carbonyl (C=O) groups is 4. The normalized spacial score (nSPS) is 10.6. The van der Waals surface area contributed by atoms with Gasteiger partial charge in [0.1, 0.15) is 11.5 Å². The Bertz CT molecular complexity index is 1180. The van der Waals surface area contributed by atoms with Gasteiger partial charge in [0.15, 0.2) is 0 Å². The van der Waals surface area contributed by atoms with Gasteiger partial charge in [-0.25, -0.2) is 29.0 Å². The monoisotopic (exact) mass is 762 g/mol. The van der Waals surface area contributed by atoms with E-state index in [-0.39, 0.29) is 24.3 Å². The van der Waals surface area contributed by atoms with Crippen molar-refractivity contribution in [2.24, 2.45) is 0 Å². The van der Waals surface area contributed by atoms with Gasteiger partial charge in [-0.1, -0.05) is 104 Å². The van der Waals surface area contributed by atoms with E-state index in [0.29, 0.717) is 37.6 Å². The molecule has 54 heavy (non-hydrogen) atoms. The molecule has 14 nitrogen and oxygen atoms in total. The molecule has 0 aliphatic heterocycles. The summed E-state index contributed by atoms with van der Waals surface area (Å²) in [5, 5.41) is 8.53. The molecule has 0 atom stereocenters. The molecule has 0 spiro atoms. The van der Waals surface area contributed by atoms with Crippen molar-refractivity contribution in [2.75, 3.05) is 26.4 Å². The molecule has 0 saturated carbocycles. The number of hydrogen-bond acceptors (Lipinski definition) is 14. The molecule has 0 aliphatic carbocycles. The number of unbranched alkanes of at least 4 members (excludes halogenated alkanes) is 15. The van der Waals surface area contributed by atoms with E-state index in [1.807, 2.05) is 0 Å². The topological polar surface area (TPSA) is 161 Å². The number of carbonyl (C=O) groups excluding carboxylic acids is 4. The van der Waals surface area contributed by atoms with Gasteiger partial charge < -0.3 is 18.9 Å². The van der Waals surface area contributed by atoms with Gasteiger partial charge in [0, 0.05) is 0 Å². The molecule has 0 amide bonds. The highest BCUT2D eigenvalue weighted by Crippen LogP contribution is 2.16. The largest absolute Gasteiger partial charge is 0.543 e. The standard InChI is InChI=1S/C40H58O14/c1-3-5-7-17-29-45-35-25-21-33(22-26-35)37(41)49-53-51-39(43)47-31-19-15-13-11-9-10-12-14-16-20-32-48-40(44)52-54-50-38(42)34-23-27-36(28-24-34)46-30-18-8-6-4-2/h21-28H,3-20,29-32H2,1-2H3. The summed E-state index contributed by atoms with van der Waals surface area (Å²) < 4.78 is 21.1. The van der Waals surface area contributed by atoms with Crippen LogP contribution in [0.3, 0.4) is 0 Å². The lowest BCUT2D eigenvalue weighted by atomic mass is 10.1. The Kier molecular flexibility index (Phi) is 26.1. The first-order valence-corrected chi connectivity index (χ1v) is 19.3. The molecule has 0 fully saturated rings.